The molecule has 2 aromatic rings. The number of carboxylic acids is 3. The second-order valence-corrected chi connectivity index (χ2v) is 10.3. The fourth-order valence-electron chi connectivity index (χ4n) is 5.51. The molecule has 2 saturated heterocycles. The van der Waals surface area contributed by atoms with Gasteiger partial charge in [-0.2, -0.15) is 0 Å². The van der Waals surface area contributed by atoms with Crippen molar-refractivity contribution in [1.29, 1.82) is 0 Å². The van der Waals surface area contributed by atoms with Crippen molar-refractivity contribution < 1.29 is 49.0 Å². The van der Waals surface area contributed by atoms with Crippen LogP contribution in [-0.2, 0) is 26.5 Å². The average molecular weight is 548 g/mol. The van der Waals surface area contributed by atoms with Crippen LogP contribution in [0.4, 0.5) is 4.39 Å². The third kappa shape index (κ3) is 7.31. The molecule has 11 heteroatoms. The Morgan fingerprint density at radius 1 is 1.00 bits per heavy atom. The van der Waals surface area contributed by atoms with Crippen molar-refractivity contribution in [2.75, 3.05) is 7.11 Å². The van der Waals surface area contributed by atoms with Crippen molar-refractivity contribution in [3.63, 3.8) is 0 Å². The van der Waals surface area contributed by atoms with Crippen LogP contribution in [0.5, 0.6) is 5.75 Å². The van der Waals surface area contributed by atoms with Crippen molar-refractivity contribution in [1.82, 2.24) is 4.90 Å². The molecule has 0 radical (unpaired) electrons. The van der Waals surface area contributed by atoms with Crippen LogP contribution in [0.1, 0.15) is 55.2 Å². The Balaban J connectivity index is 0.000000276. The number of carboxylic acid groups (broad SMARTS) is 3. The molecule has 4 rings (SSSR count). The van der Waals surface area contributed by atoms with Crippen LogP contribution in [0, 0.1) is 12.7 Å². The summed E-state index contributed by atoms with van der Waals surface area (Å²) in [4.78, 5) is 33.0. The standard InChI is InChI=1S/C22H26FNO2.C6H8O7/c1-15-3-10-21(26-2)16(11-15)14-24-19-8-9-20(24)13-22(25,12-19)17-4-6-18(23)7-5-17;7-3(8)1-6(13,5(11)12)2-4(9)10/h3-7,10-11,19-20,25H,8-9,12-14H2,1-2H3;13H,1-2H2,(H,7,8)(H,9,10)(H,11,12). The van der Waals surface area contributed by atoms with Gasteiger partial charge in [0, 0.05) is 24.2 Å². The molecule has 2 heterocycles. The van der Waals surface area contributed by atoms with Gasteiger partial charge in [-0.15, -0.1) is 0 Å². The molecule has 2 aliphatic rings. The van der Waals surface area contributed by atoms with Gasteiger partial charge < -0.3 is 30.3 Å². The number of halogens is 1. The SMILES string of the molecule is COc1ccc(C)cc1CN1C2CCC1CC(O)(c1ccc(F)cc1)C2.O=C(O)CC(O)(CC(=O)O)C(=O)O. The molecule has 0 aromatic heterocycles. The predicted molar refractivity (Wildman–Crippen MR) is 137 cm³/mol. The highest BCUT2D eigenvalue weighted by Gasteiger charge is 2.48. The molecule has 2 fully saturated rings. The Bertz CT molecular complexity index is 1170. The molecule has 5 N–H and O–H groups in total. The first-order chi connectivity index (χ1) is 18.3. The minimum Gasteiger partial charge on any atom is -0.496 e. The summed E-state index contributed by atoms with van der Waals surface area (Å²) in [5.74, 6) is -4.35. The summed E-state index contributed by atoms with van der Waals surface area (Å²) >= 11 is 0. The minimum atomic E-state index is -2.74. The maximum absolute atomic E-state index is 13.3. The molecule has 0 amide bonds. The fourth-order valence-corrected chi connectivity index (χ4v) is 5.51. The molecule has 10 nitrogen and oxygen atoms in total. The third-order valence-electron chi connectivity index (χ3n) is 7.37. The number of benzene rings is 2. The summed E-state index contributed by atoms with van der Waals surface area (Å²) in [5.41, 5.74) is -0.321. The number of ether oxygens (including phenoxy) is 1. The first-order valence-electron chi connectivity index (χ1n) is 12.5. The van der Waals surface area contributed by atoms with Gasteiger partial charge in [-0.3, -0.25) is 14.5 Å². The highest BCUT2D eigenvalue weighted by Crippen LogP contribution is 2.46. The molecule has 212 valence electrons. The molecule has 2 aliphatic heterocycles. The lowest BCUT2D eigenvalue weighted by Gasteiger charge is -2.44. The van der Waals surface area contributed by atoms with Gasteiger partial charge >= 0.3 is 17.9 Å². The highest BCUT2D eigenvalue weighted by atomic mass is 19.1. The summed E-state index contributed by atoms with van der Waals surface area (Å²) in [6, 6.07) is 13.3. The lowest BCUT2D eigenvalue weighted by atomic mass is 9.80. The normalized spacial score (nSPS) is 22.5. The average Bonchev–Trinajstić information content (AvgIpc) is 3.08. The lowest BCUT2D eigenvalue weighted by Crippen LogP contribution is -2.49. The molecule has 2 aromatic carbocycles. The number of methoxy groups -OCH3 is 1. The Kier molecular flexibility index (Phi) is 9.31. The van der Waals surface area contributed by atoms with Crippen LogP contribution in [0.3, 0.4) is 0 Å². The van der Waals surface area contributed by atoms with Crippen molar-refractivity contribution in [3.05, 3.63) is 65.0 Å². The van der Waals surface area contributed by atoms with Gasteiger partial charge in [0.25, 0.3) is 0 Å². The summed E-state index contributed by atoms with van der Waals surface area (Å²) in [6.07, 6.45) is 1.31. The van der Waals surface area contributed by atoms with Gasteiger partial charge in [-0.25, -0.2) is 9.18 Å². The number of hydrogen-bond donors (Lipinski definition) is 5. The van der Waals surface area contributed by atoms with Crippen molar-refractivity contribution in [2.45, 2.75) is 75.3 Å². The molecular formula is C28H34FNO9. The number of rotatable bonds is 9. The number of fused-ring (bicyclic) bond motifs is 2. The van der Waals surface area contributed by atoms with Crippen LogP contribution >= 0.6 is 0 Å². The summed E-state index contributed by atoms with van der Waals surface area (Å²) in [6.45, 7) is 2.95. The molecule has 39 heavy (non-hydrogen) atoms. The molecular weight excluding hydrogens is 513 g/mol. The van der Waals surface area contributed by atoms with Crippen LogP contribution in [0.2, 0.25) is 0 Å². The van der Waals surface area contributed by atoms with E-state index in [2.05, 4.69) is 24.0 Å². The van der Waals surface area contributed by atoms with E-state index >= 15 is 0 Å². The lowest BCUT2D eigenvalue weighted by molar-refractivity contribution is -0.170. The smallest absolute Gasteiger partial charge is 0.336 e. The molecule has 0 aliphatic carbocycles. The first-order valence-corrected chi connectivity index (χ1v) is 12.5. The number of aryl methyl sites for hydroxylation is 1. The third-order valence-corrected chi connectivity index (χ3v) is 7.37. The molecule has 0 spiro atoms. The van der Waals surface area contributed by atoms with Gasteiger partial charge in [0.2, 0.25) is 0 Å². The Hall–Kier alpha value is -3.54. The Morgan fingerprint density at radius 2 is 1.54 bits per heavy atom. The number of hydrogen-bond acceptors (Lipinski definition) is 7. The maximum atomic E-state index is 13.3. The second-order valence-electron chi connectivity index (χ2n) is 10.3. The van der Waals surface area contributed by atoms with E-state index in [0.29, 0.717) is 24.9 Å². The zero-order valence-electron chi connectivity index (χ0n) is 21.8. The van der Waals surface area contributed by atoms with E-state index in [4.69, 9.17) is 25.2 Å². The number of carbonyl (C=O) groups is 3. The number of aliphatic carboxylic acids is 3. The Labute approximate surface area is 225 Å². The predicted octanol–water partition coefficient (Wildman–Crippen LogP) is 2.91. The van der Waals surface area contributed by atoms with E-state index in [1.54, 1.807) is 19.2 Å². The number of aliphatic hydroxyl groups is 2. The van der Waals surface area contributed by atoms with E-state index in [1.807, 2.05) is 6.07 Å². The van der Waals surface area contributed by atoms with Gasteiger partial charge in [-0.1, -0.05) is 29.8 Å². The van der Waals surface area contributed by atoms with Crippen molar-refractivity contribution in [2.24, 2.45) is 0 Å². The van der Waals surface area contributed by atoms with Crippen molar-refractivity contribution >= 4 is 17.9 Å². The molecule has 2 atom stereocenters. The largest absolute Gasteiger partial charge is 0.496 e. The van der Waals surface area contributed by atoms with Gasteiger partial charge in [0.1, 0.15) is 11.6 Å². The maximum Gasteiger partial charge on any atom is 0.336 e. The number of nitrogens with zero attached hydrogens (tertiary/aromatic N) is 1. The van der Waals surface area contributed by atoms with Gasteiger partial charge in [0.05, 0.1) is 25.6 Å². The zero-order valence-corrected chi connectivity index (χ0v) is 21.8. The van der Waals surface area contributed by atoms with E-state index in [-0.39, 0.29) is 5.82 Å². The van der Waals surface area contributed by atoms with E-state index in [9.17, 15) is 23.9 Å². The summed E-state index contributed by atoms with van der Waals surface area (Å²) in [7, 11) is 1.71. The van der Waals surface area contributed by atoms with E-state index in [0.717, 1.165) is 30.7 Å². The fraction of sp³-hybridized carbons (Fsp3) is 0.464. The van der Waals surface area contributed by atoms with Crippen LogP contribution < -0.4 is 4.74 Å². The molecule has 2 unspecified atom stereocenters. The van der Waals surface area contributed by atoms with Crippen molar-refractivity contribution in [3.8, 4) is 5.75 Å². The highest BCUT2D eigenvalue weighted by molar-refractivity contribution is 5.88. The molecule has 2 bridgehead atoms. The number of piperidine rings is 1. The van der Waals surface area contributed by atoms with E-state index < -0.39 is 42.0 Å². The first kappa shape index (κ1) is 30.0. The van der Waals surface area contributed by atoms with Crippen LogP contribution in [0.15, 0.2) is 42.5 Å². The quantitative estimate of drug-likeness (QED) is 0.315. The van der Waals surface area contributed by atoms with Crippen LogP contribution in [0.25, 0.3) is 0 Å². The monoisotopic (exact) mass is 547 g/mol. The van der Waals surface area contributed by atoms with Crippen LogP contribution in [-0.4, -0.2) is 73.1 Å². The van der Waals surface area contributed by atoms with E-state index in [1.165, 1.54) is 23.3 Å². The van der Waals surface area contributed by atoms with Gasteiger partial charge in [-0.05, 0) is 56.4 Å². The summed E-state index contributed by atoms with van der Waals surface area (Å²) in [5, 5.41) is 45.1. The molecule has 0 saturated carbocycles. The topological polar surface area (TPSA) is 165 Å². The zero-order chi connectivity index (χ0) is 29.0. The minimum absolute atomic E-state index is 0.260. The Morgan fingerprint density at radius 3 is 2.00 bits per heavy atom. The summed E-state index contributed by atoms with van der Waals surface area (Å²) < 4.78 is 18.8. The van der Waals surface area contributed by atoms with Gasteiger partial charge in [0.15, 0.2) is 5.60 Å². The second kappa shape index (κ2) is 12.1.